The maximum absolute atomic E-state index is 12.0. The zero-order valence-electron chi connectivity index (χ0n) is 11.0. The second-order valence-corrected chi connectivity index (χ2v) is 5.35. The van der Waals surface area contributed by atoms with Gasteiger partial charge in [-0.25, -0.2) is 4.98 Å². The van der Waals surface area contributed by atoms with Crippen LogP contribution in [-0.4, -0.2) is 38.4 Å². The molecule has 1 atom stereocenters. The van der Waals surface area contributed by atoms with E-state index in [1.54, 1.807) is 23.3 Å². The molecular weight excluding hydrogens is 266 g/mol. The molecule has 0 spiro atoms. The van der Waals surface area contributed by atoms with Crippen LogP contribution in [0.2, 0.25) is 0 Å². The number of thiazole rings is 1. The molecule has 2 aromatic heterocycles. The first kappa shape index (κ1) is 13.7. The summed E-state index contributed by atoms with van der Waals surface area (Å²) in [7, 11) is 1.70. The number of hydrogen-bond acceptors (Lipinski definition) is 5. The summed E-state index contributed by atoms with van der Waals surface area (Å²) >= 11 is 1.40. The first-order valence-electron chi connectivity index (χ1n) is 5.80. The van der Waals surface area contributed by atoms with Gasteiger partial charge in [-0.05, 0) is 20.9 Å². The second-order valence-electron chi connectivity index (χ2n) is 4.51. The zero-order valence-corrected chi connectivity index (χ0v) is 11.8. The smallest absolute Gasteiger partial charge is 0.320 e. The predicted molar refractivity (Wildman–Crippen MR) is 72.6 cm³/mol. The van der Waals surface area contributed by atoms with Crippen LogP contribution in [0.5, 0.6) is 0 Å². The van der Waals surface area contributed by atoms with E-state index in [4.69, 9.17) is 5.11 Å². The monoisotopic (exact) mass is 281 g/mol. The highest BCUT2D eigenvalue weighted by molar-refractivity contribution is 7.15. The highest BCUT2D eigenvalue weighted by Crippen LogP contribution is 2.12. The summed E-state index contributed by atoms with van der Waals surface area (Å²) < 4.78 is 1.55. The molecule has 6 nitrogen and oxygen atoms in total. The Hall–Kier alpha value is -1.73. The molecule has 0 aromatic carbocycles. The molecule has 0 radical (unpaired) electrons. The van der Waals surface area contributed by atoms with E-state index in [1.807, 2.05) is 12.3 Å². The lowest BCUT2D eigenvalue weighted by molar-refractivity contribution is -0.142. The molecule has 0 bridgehead atoms. The van der Waals surface area contributed by atoms with Gasteiger partial charge in [0.25, 0.3) is 5.56 Å². The third-order valence-corrected chi connectivity index (χ3v) is 4.00. The fourth-order valence-corrected chi connectivity index (χ4v) is 2.65. The van der Waals surface area contributed by atoms with E-state index in [1.165, 1.54) is 17.4 Å². The molecule has 0 aliphatic carbocycles. The summed E-state index contributed by atoms with van der Waals surface area (Å²) in [6.45, 7) is 3.78. The van der Waals surface area contributed by atoms with Gasteiger partial charge in [0.15, 0.2) is 4.96 Å². The van der Waals surface area contributed by atoms with Gasteiger partial charge >= 0.3 is 5.97 Å². The molecule has 19 heavy (non-hydrogen) atoms. The molecule has 102 valence electrons. The number of likely N-dealkylation sites (N-methyl/N-ethyl adjacent to an activating group) is 1. The van der Waals surface area contributed by atoms with Crippen molar-refractivity contribution in [1.29, 1.82) is 0 Å². The van der Waals surface area contributed by atoms with E-state index in [0.29, 0.717) is 17.2 Å². The van der Waals surface area contributed by atoms with Crippen molar-refractivity contribution in [2.24, 2.45) is 0 Å². The molecule has 2 aromatic rings. The third kappa shape index (κ3) is 2.66. The first-order chi connectivity index (χ1) is 8.90. The fourth-order valence-electron chi connectivity index (χ4n) is 1.76. The molecule has 7 heteroatoms. The van der Waals surface area contributed by atoms with Crippen LogP contribution in [0, 0.1) is 6.92 Å². The molecule has 0 aliphatic heterocycles. The van der Waals surface area contributed by atoms with Crippen LogP contribution in [0.15, 0.2) is 16.2 Å². The number of hydrogen-bond donors (Lipinski definition) is 1. The van der Waals surface area contributed by atoms with Gasteiger partial charge in [-0.2, -0.15) is 0 Å². The topological polar surface area (TPSA) is 74.9 Å². The van der Waals surface area contributed by atoms with Crippen molar-refractivity contribution in [2.45, 2.75) is 26.4 Å². The number of aliphatic carboxylic acids is 1. The third-order valence-electron chi connectivity index (χ3n) is 3.06. The van der Waals surface area contributed by atoms with Gasteiger partial charge in [-0.1, -0.05) is 0 Å². The average molecular weight is 281 g/mol. The van der Waals surface area contributed by atoms with Crippen molar-refractivity contribution in [1.82, 2.24) is 14.3 Å². The van der Waals surface area contributed by atoms with Gasteiger partial charge in [0.05, 0.1) is 5.69 Å². The van der Waals surface area contributed by atoms with E-state index in [2.05, 4.69) is 4.98 Å². The van der Waals surface area contributed by atoms with E-state index < -0.39 is 12.0 Å². The van der Waals surface area contributed by atoms with Crippen LogP contribution in [0.3, 0.4) is 0 Å². The Bertz CT molecular complexity index is 676. The van der Waals surface area contributed by atoms with Crippen LogP contribution in [0.4, 0.5) is 0 Å². The molecule has 1 N–H and O–H groups in total. The predicted octanol–water partition coefficient (Wildman–Crippen LogP) is 0.969. The number of rotatable bonds is 4. The minimum Gasteiger partial charge on any atom is -0.480 e. The minimum absolute atomic E-state index is 0.130. The highest BCUT2D eigenvalue weighted by atomic mass is 32.1. The van der Waals surface area contributed by atoms with Gasteiger partial charge in [-0.3, -0.25) is 18.9 Å². The van der Waals surface area contributed by atoms with Gasteiger partial charge in [0.2, 0.25) is 0 Å². The summed E-state index contributed by atoms with van der Waals surface area (Å²) in [5.41, 5.74) is 1.31. The maximum Gasteiger partial charge on any atom is 0.320 e. The van der Waals surface area contributed by atoms with Gasteiger partial charge in [-0.15, -0.1) is 11.3 Å². The lowest BCUT2D eigenvalue weighted by Crippen LogP contribution is -2.35. The number of aromatic nitrogens is 2. The molecule has 0 saturated carbocycles. The number of nitrogens with zero attached hydrogens (tertiary/aromatic N) is 3. The second kappa shape index (κ2) is 5.10. The molecule has 0 amide bonds. The van der Waals surface area contributed by atoms with E-state index in [0.717, 1.165) is 5.69 Å². The van der Waals surface area contributed by atoms with Crippen molar-refractivity contribution in [3.63, 3.8) is 0 Å². The van der Waals surface area contributed by atoms with Crippen molar-refractivity contribution in [3.8, 4) is 0 Å². The van der Waals surface area contributed by atoms with E-state index >= 15 is 0 Å². The van der Waals surface area contributed by atoms with Gasteiger partial charge in [0, 0.05) is 23.7 Å². The van der Waals surface area contributed by atoms with Crippen LogP contribution in [0.1, 0.15) is 18.3 Å². The summed E-state index contributed by atoms with van der Waals surface area (Å²) in [5, 5.41) is 10.8. The van der Waals surface area contributed by atoms with Crippen LogP contribution < -0.4 is 5.56 Å². The van der Waals surface area contributed by atoms with E-state index in [9.17, 15) is 9.59 Å². The summed E-state index contributed by atoms with van der Waals surface area (Å²) in [5.74, 6) is -0.896. The van der Waals surface area contributed by atoms with Gasteiger partial charge < -0.3 is 5.11 Å². The maximum atomic E-state index is 12.0. The minimum atomic E-state index is -0.896. The van der Waals surface area contributed by atoms with Crippen molar-refractivity contribution in [2.75, 3.05) is 7.05 Å². The number of carboxylic acid groups (broad SMARTS) is 1. The number of fused-ring (bicyclic) bond motifs is 1. The summed E-state index contributed by atoms with van der Waals surface area (Å²) in [6.07, 6.45) is 0. The normalized spacial score (nSPS) is 13.1. The number of carboxylic acids is 1. The average Bonchev–Trinajstić information content (AvgIpc) is 2.70. The Kier molecular flexibility index (Phi) is 3.68. The van der Waals surface area contributed by atoms with Crippen LogP contribution >= 0.6 is 11.3 Å². The van der Waals surface area contributed by atoms with Crippen molar-refractivity contribution in [3.05, 3.63) is 33.2 Å². The highest BCUT2D eigenvalue weighted by Gasteiger charge is 2.18. The lowest BCUT2D eigenvalue weighted by Gasteiger charge is -2.20. The zero-order chi connectivity index (χ0) is 14.2. The van der Waals surface area contributed by atoms with Gasteiger partial charge in [0.1, 0.15) is 6.04 Å². The number of aryl methyl sites for hydroxylation is 1. The SMILES string of the molecule is Cc1csc2nc(CN(C)C(C)C(=O)O)cc(=O)n12. The Morgan fingerprint density at radius 3 is 2.95 bits per heavy atom. The molecule has 2 rings (SSSR count). The largest absolute Gasteiger partial charge is 0.480 e. The molecule has 0 fully saturated rings. The quantitative estimate of drug-likeness (QED) is 0.904. The molecule has 1 unspecified atom stereocenters. The molecule has 0 aliphatic rings. The Labute approximate surface area is 113 Å². The Morgan fingerprint density at radius 1 is 1.63 bits per heavy atom. The standard InChI is InChI=1S/C12H15N3O3S/c1-7-6-19-12-13-9(4-10(16)15(7)12)5-14(3)8(2)11(17)18/h4,6,8H,5H2,1-3H3,(H,17,18). The Balaban J connectivity index is 2.32. The van der Waals surface area contributed by atoms with Crippen molar-refractivity contribution < 1.29 is 9.90 Å². The summed E-state index contributed by atoms with van der Waals surface area (Å²) in [6, 6.07) is 0.836. The van der Waals surface area contributed by atoms with E-state index in [-0.39, 0.29) is 5.56 Å². The molecule has 2 heterocycles. The van der Waals surface area contributed by atoms with Crippen molar-refractivity contribution >= 4 is 22.3 Å². The fraction of sp³-hybridized carbons (Fsp3) is 0.417. The Morgan fingerprint density at radius 2 is 2.32 bits per heavy atom. The molecular formula is C12H15N3O3S. The summed E-state index contributed by atoms with van der Waals surface area (Å²) in [4.78, 5) is 29.5. The lowest BCUT2D eigenvalue weighted by atomic mass is 10.3. The first-order valence-corrected chi connectivity index (χ1v) is 6.68. The van der Waals surface area contributed by atoms with Crippen LogP contribution in [-0.2, 0) is 11.3 Å². The number of carbonyl (C=O) groups is 1. The van der Waals surface area contributed by atoms with Crippen LogP contribution in [0.25, 0.3) is 4.96 Å². The molecule has 0 saturated heterocycles.